The van der Waals surface area contributed by atoms with Gasteiger partial charge in [0.15, 0.2) is 5.65 Å². The van der Waals surface area contributed by atoms with Crippen LogP contribution in [0.5, 0.6) is 5.75 Å². The quantitative estimate of drug-likeness (QED) is 0.414. The fourth-order valence-electron chi connectivity index (χ4n) is 1.91. The first-order valence-electron chi connectivity index (χ1n) is 5.81. The molecule has 0 aliphatic heterocycles. The third-order valence-electron chi connectivity index (χ3n) is 2.92. The Kier molecular flexibility index (Phi) is 2.49. The molecule has 5 N–H and O–H groups in total. The van der Waals surface area contributed by atoms with E-state index in [0.29, 0.717) is 22.7 Å². The van der Waals surface area contributed by atoms with Gasteiger partial charge in [-0.05, 0) is 24.3 Å². The van der Waals surface area contributed by atoms with Gasteiger partial charge in [0.1, 0.15) is 17.4 Å². The van der Waals surface area contributed by atoms with Gasteiger partial charge in [-0.15, -0.1) is 0 Å². The second kappa shape index (κ2) is 4.16. The molecule has 3 rings (SSSR count). The summed E-state index contributed by atoms with van der Waals surface area (Å²) in [6.45, 7) is 0. The van der Waals surface area contributed by atoms with Gasteiger partial charge in [-0.25, -0.2) is 9.97 Å². The van der Waals surface area contributed by atoms with Gasteiger partial charge in [0.05, 0.1) is 16.8 Å². The molecule has 0 spiro atoms. The van der Waals surface area contributed by atoms with E-state index >= 15 is 0 Å². The highest BCUT2D eigenvalue weighted by Crippen LogP contribution is 2.32. The highest BCUT2D eigenvalue weighted by atomic mass is 16.3. The van der Waals surface area contributed by atoms with Crippen LogP contribution < -0.4 is 11.1 Å². The van der Waals surface area contributed by atoms with E-state index in [1.165, 1.54) is 0 Å². The highest BCUT2D eigenvalue weighted by molar-refractivity contribution is 5.81. The Morgan fingerprint density at radius 1 is 1.21 bits per heavy atom. The number of nitrogens with zero attached hydrogens (tertiary/aromatic N) is 2. The number of H-pyrrole nitrogens is 1. The largest absolute Gasteiger partial charge is 0.505 e. The average molecular weight is 255 g/mol. The number of fused-ring (bicyclic) bond motifs is 1. The molecular weight excluding hydrogens is 242 g/mol. The van der Waals surface area contributed by atoms with Gasteiger partial charge in [0.25, 0.3) is 0 Å². The Labute approximate surface area is 109 Å². The number of pyridine rings is 1. The maximum absolute atomic E-state index is 9.96. The molecule has 0 amide bonds. The molecule has 3 aromatic rings. The van der Waals surface area contributed by atoms with Gasteiger partial charge >= 0.3 is 0 Å². The summed E-state index contributed by atoms with van der Waals surface area (Å²) in [6.07, 6.45) is 0. The third-order valence-corrected chi connectivity index (χ3v) is 2.92. The molecule has 0 atom stereocenters. The monoisotopic (exact) mass is 255 g/mol. The molecule has 6 nitrogen and oxygen atoms in total. The summed E-state index contributed by atoms with van der Waals surface area (Å²) in [6, 6.07) is 8.89. The summed E-state index contributed by atoms with van der Waals surface area (Å²) in [5.41, 5.74) is 7.95. The van der Waals surface area contributed by atoms with E-state index in [1.807, 2.05) is 12.1 Å². The van der Waals surface area contributed by atoms with Gasteiger partial charge in [-0.2, -0.15) is 0 Å². The smallest absolute Gasteiger partial charge is 0.180 e. The standard InChI is InChI=1S/C13H13N5O/c1-15-10-6-5-9-13(17-10)18-12(16-9)7-3-2-4-8(14)11(7)19/h2-6,19H,14H2,1H3,(H2,15,16,17,18). The zero-order valence-electron chi connectivity index (χ0n) is 10.3. The zero-order chi connectivity index (χ0) is 13.4. The molecule has 0 unspecified atom stereocenters. The molecule has 0 saturated heterocycles. The normalized spacial score (nSPS) is 10.8. The van der Waals surface area contributed by atoms with Gasteiger partial charge in [0, 0.05) is 7.05 Å². The summed E-state index contributed by atoms with van der Waals surface area (Å²) in [4.78, 5) is 11.8. The number of anilines is 2. The molecule has 0 fully saturated rings. The number of nitrogen functional groups attached to an aromatic ring is 1. The Bertz CT molecular complexity index is 750. The number of nitrogens with one attached hydrogen (secondary N) is 2. The number of para-hydroxylation sites is 1. The van der Waals surface area contributed by atoms with E-state index in [2.05, 4.69) is 20.3 Å². The van der Waals surface area contributed by atoms with Gasteiger partial charge in [-0.3, -0.25) is 0 Å². The van der Waals surface area contributed by atoms with Crippen LogP contribution in [-0.2, 0) is 0 Å². The fraction of sp³-hybridized carbons (Fsp3) is 0.0769. The molecule has 2 heterocycles. The second-order valence-corrected chi connectivity index (χ2v) is 4.15. The maximum atomic E-state index is 9.96. The first-order chi connectivity index (χ1) is 9.19. The van der Waals surface area contributed by atoms with Crippen molar-refractivity contribution < 1.29 is 5.11 Å². The van der Waals surface area contributed by atoms with Crippen LogP contribution in [0, 0.1) is 0 Å². The van der Waals surface area contributed by atoms with Crippen molar-refractivity contribution in [2.45, 2.75) is 0 Å². The minimum atomic E-state index is 0.0235. The summed E-state index contributed by atoms with van der Waals surface area (Å²) in [7, 11) is 1.80. The topological polar surface area (TPSA) is 99.9 Å². The molecule has 1 aromatic carbocycles. The van der Waals surface area contributed by atoms with Crippen molar-refractivity contribution in [2.24, 2.45) is 0 Å². The van der Waals surface area contributed by atoms with Crippen molar-refractivity contribution in [3.8, 4) is 17.1 Å². The lowest BCUT2D eigenvalue weighted by atomic mass is 10.1. The van der Waals surface area contributed by atoms with Crippen molar-refractivity contribution in [1.82, 2.24) is 15.0 Å². The maximum Gasteiger partial charge on any atom is 0.180 e. The van der Waals surface area contributed by atoms with Gasteiger partial charge < -0.3 is 21.1 Å². The van der Waals surface area contributed by atoms with Crippen molar-refractivity contribution in [2.75, 3.05) is 18.1 Å². The molecule has 0 saturated carbocycles. The number of hydrogen-bond acceptors (Lipinski definition) is 5. The lowest BCUT2D eigenvalue weighted by Gasteiger charge is -2.03. The van der Waals surface area contributed by atoms with E-state index in [-0.39, 0.29) is 5.75 Å². The van der Waals surface area contributed by atoms with E-state index in [9.17, 15) is 5.11 Å². The summed E-state index contributed by atoms with van der Waals surface area (Å²) in [5, 5.41) is 12.9. The van der Waals surface area contributed by atoms with Crippen LogP contribution in [0.15, 0.2) is 30.3 Å². The Hall–Kier alpha value is -2.76. The number of phenols is 1. The van der Waals surface area contributed by atoms with Crippen molar-refractivity contribution in [3.63, 3.8) is 0 Å². The molecule has 6 heteroatoms. The second-order valence-electron chi connectivity index (χ2n) is 4.15. The molecule has 0 aliphatic carbocycles. The van der Waals surface area contributed by atoms with E-state index in [1.54, 1.807) is 25.2 Å². The minimum absolute atomic E-state index is 0.0235. The number of imidazole rings is 1. The molecule has 96 valence electrons. The number of aromatic nitrogens is 3. The predicted molar refractivity (Wildman–Crippen MR) is 74.9 cm³/mol. The summed E-state index contributed by atoms with van der Waals surface area (Å²) in [5.74, 6) is 1.30. The Morgan fingerprint density at radius 3 is 2.84 bits per heavy atom. The molecule has 0 bridgehead atoms. The minimum Gasteiger partial charge on any atom is -0.505 e. The number of phenolic OH excluding ortho intramolecular Hbond substituents is 1. The predicted octanol–water partition coefficient (Wildman–Crippen LogP) is 1.95. The molecular formula is C13H13N5O. The van der Waals surface area contributed by atoms with Crippen LogP contribution >= 0.6 is 0 Å². The van der Waals surface area contributed by atoms with Crippen LogP contribution in [0.2, 0.25) is 0 Å². The van der Waals surface area contributed by atoms with Gasteiger partial charge in [0.2, 0.25) is 0 Å². The third kappa shape index (κ3) is 1.83. The SMILES string of the molecule is CNc1ccc2[nH]c(-c3cccc(N)c3O)nc2n1. The number of rotatable bonds is 2. The number of benzene rings is 1. The van der Waals surface area contributed by atoms with Crippen LogP contribution in [0.3, 0.4) is 0 Å². The molecule has 0 aliphatic rings. The lowest BCUT2D eigenvalue weighted by molar-refractivity contribution is 0.479. The van der Waals surface area contributed by atoms with Crippen molar-refractivity contribution in [1.29, 1.82) is 0 Å². The highest BCUT2D eigenvalue weighted by Gasteiger charge is 2.12. The van der Waals surface area contributed by atoms with E-state index in [0.717, 1.165) is 11.3 Å². The lowest BCUT2D eigenvalue weighted by Crippen LogP contribution is -1.91. The molecule has 0 radical (unpaired) electrons. The van der Waals surface area contributed by atoms with Crippen LogP contribution in [0.4, 0.5) is 11.5 Å². The number of nitrogens with two attached hydrogens (primary N) is 1. The first-order valence-corrected chi connectivity index (χ1v) is 5.81. The number of aromatic hydroxyl groups is 1. The number of aromatic amines is 1. The zero-order valence-corrected chi connectivity index (χ0v) is 10.3. The Balaban J connectivity index is 2.18. The van der Waals surface area contributed by atoms with E-state index in [4.69, 9.17) is 5.73 Å². The summed E-state index contributed by atoms with van der Waals surface area (Å²) < 4.78 is 0. The van der Waals surface area contributed by atoms with E-state index < -0.39 is 0 Å². The molecule has 2 aromatic heterocycles. The van der Waals surface area contributed by atoms with Crippen LogP contribution in [0.25, 0.3) is 22.6 Å². The average Bonchev–Trinajstić information content (AvgIpc) is 2.84. The molecule has 19 heavy (non-hydrogen) atoms. The Morgan fingerprint density at radius 2 is 2.05 bits per heavy atom. The first kappa shape index (κ1) is 11.3. The number of hydrogen-bond donors (Lipinski definition) is 4. The van der Waals surface area contributed by atoms with Crippen LogP contribution in [0.1, 0.15) is 0 Å². The van der Waals surface area contributed by atoms with Crippen LogP contribution in [-0.4, -0.2) is 27.1 Å². The van der Waals surface area contributed by atoms with Crippen molar-refractivity contribution in [3.05, 3.63) is 30.3 Å². The summed E-state index contributed by atoms with van der Waals surface area (Å²) >= 11 is 0. The fourth-order valence-corrected chi connectivity index (χ4v) is 1.91. The van der Waals surface area contributed by atoms with Gasteiger partial charge in [-0.1, -0.05) is 6.07 Å². The van der Waals surface area contributed by atoms with Crippen molar-refractivity contribution >= 4 is 22.7 Å².